The van der Waals surface area contributed by atoms with Gasteiger partial charge in [-0.1, -0.05) is 15.9 Å². The molecule has 1 heterocycles. The predicted molar refractivity (Wildman–Crippen MR) is 74.4 cm³/mol. The molecule has 0 radical (unpaired) electrons. The normalized spacial score (nSPS) is 10.4. The Balaban J connectivity index is 2.41. The Labute approximate surface area is 114 Å². The molecule has 1 N–H and O–H groups in total. The zero-order valence-corrected chi connectivity index (χ0v) is 11.9. The van der Waals surface area contributed by atoms with Crippen LogP contribution in [0.4, 0.5) is 0 Å². The van der Waals surface area contributed by atoms with Crippen molar-refractivity contribution < 1.29 is 4.79 Å². The molecule has 0 aliphatic carbocycles. The van der Waals surface area contributed by atoms with Crippen LogP contribution < -0.4 is 5.32 Å². The maximum atomic E-state index is 11.8. The zero-order valence-electron chi connectivity index (χ0n) is 10.3. The summed E-state index contributed by atoms with van der Waals surface area (Å²) in [6, 6.07) is 5.65. The summed E-state index contributed by atoms with van der Waals surface area (Å²) in [4.78, 5) is 11.8. The van der Waals surface area contributed by atoms with Gasteiger partial charge in [0, 0.05) is 35.4 Å². The number of rotatable bonds is 3. The van der Waals surface area contributed by atoms with Gasteiger partial charge in [0.2, 0.25) is 0 Å². The number of carbonyl (C=O) groups excluding carboxylic acids is 1. The minimum Gasteiger partial charge on any atom is -0.352 e. The number of amides is 1. The summed E-state index contributed by atoms with van der Waals surface area (Å²) < 4.78 is 2.62. The Bertz CT molecular complexity index is 577. The van der Waals surface area contributed by atoms with E-state index in [4.69, 9.17) is 0 Å². The third kappa shape index (κ3) is 2.79. The second kappa shape index (κ2) is 5.35. The third-order valence-corrected chi connectivity index (χ3v) is 2.99. The molecular formula is C13H14BrN3O. The standard InChI is InChI=1S/C13H14BrN3O/c1-3-15-13(18)10-4-9(5-12(14)6-10)11-7-16-17(2)8-11/h4-8H,3H2,1-2H3,(H,15,18). The Morgan fingerprint density at radius 2 is 2.17 bits per heavy atom. The molecule has 4 nitrogen and oxygen atoms in total. The molecule has 1 amide bonds. The van der Waals surface area contributed by atoms with E-state index >= 15 is 0 Å². The number of nitrogens with zero attached hydrogens (tertiary/aromatic N) is 2. The van der Waals surface area contributed by atoms with Gasteiger partial charge in [0.1, 0.15) is 0 Å². The van der Waals surface area contributed by atoms with Crippen molar-refractivity contribution in [3.8, 4) is 11.1 Å². The van der Waals surface area contributed by atoms with Gasteiger partial charge in [0.15, 0.2) is 0 Å². The second-order valence-corrected chi connectivity index (χ2v) is 4.91. The summed E-state index contributed by atoms with van der Waals surface area (Å²) in [7, 11) is 1.87. The number of benzene rings is 1. The maximum Gasteiger partial charge on any atom is 0.251 e. The fourth-order valence-electron chi connectivity index (χ4n) is 1.72. The number of hydrogen-bond donors (Lipinski definition) is 1. The van der Waals surface area contributed by atoms with Gasteiger partial charge in [-0.3, -0.25) is 9.48 Å². The van der Waals surface area contributed by atoms with Crippen LogP contribution in [0.2, 0.25) is 0 Å². The summed E-state index contributed by atoms with van der Waals surface area (Å²) in [5.74, 6) is -0.0658. The number of carbonyl (C=O) groups is 1. The first-order valence-corrected chi connectivity index (χ1v) is 6.47. The molecule has 0 spiro atoms. The number of nitrogens with one attached hydrogen (secondary N) is 1. The molecule has 2 rings (SSSR count). The average Bonchev–Trinajstić information content (AvgIpc) is 2.75. The second-order valence-electron chi connectivity index (χ2n) is 3.99. The fourth-order valence-corrected chi connectivity index (χ4v) is 2.21. The monoisotopic (exact) mass is 307 g/mol. The summed E-state index contributed by atoms with van der Waals surface area (Å²) in [5.41, 5.74) is 2.60. The largest absolute Gasteiger partial charge is 0.352 e. The lowest BCUT2D eigenvalue weighted by atomic mass is 10.1. The summed E-state index contributed by atoms with van der Waals surface area (Å²) in [6.07, 6.45) is 3.70. The number of halogens is 1. The van der Waals surface area contributed by atoms with Crippen molar-refractivity contribution >= 4 is 21.8 Å². The SMILES string of the molecule is CCNC(=O)c1cc(Br)cc(-c2cnn(C)c2)c1. The van der Waals surface area contributed by atoms with Crippen LogP contribution in [0.1, 0.15) is 17.3 Å². The highest BCUT2D eigenvalue weighted by atomic mass is 79.9. The van der Waals surface area contributed by atoms with E-state index in [0.29, 0.717) is 12.1 Å². The molecule has 0 bridgehead atoms. The van der Waals surface area contributed by atoms with Crippen molar-refractivity contribution in [1.29, 1.82) is 0 Å². The number of hydrogen-bond acceptors (Lipinski definition) is 2. The van der Waals surface area contributed by atoms with E-state index in [-0.39, 0.29) is 5.91 Å². The van der Waals surface area contributed by atoms with Gasteiger partial charge in [-0.2, -0.15) is 5.10 Å². The summed E-state index contributed by atoms with van der Waals surface area (Å²) >= 11 is 3.43. The molecule has 1 aromatic heterocycles. The topological polar surface area (TPSA) is 46.9 Å². The quantitative estimate of drug-likeness (QED) is 0.947. The van der Waals surface area contributed by atoms with Gasteiger partial charge >= 0.3 is 0 Å². The van der Waals surface area contributed by atoms with Crippen molar-refractivity contribution in [2.45, 2.75) is 6.92 Å². The van der Waals surface area contributed by atoms with Crippen LogP contribution in [0.25, 0.3) is 11.1 Å². The van der Waals surface area contributed by atoms with Crippen LogP contribution in [-0.2, 0) is 7.05 Å². The van der Waals surface area contributed by atoms with Crippen LogP contribution >= 0.6 is 15.9 Å². The highest BCUT2D eigenvalue weighted by Gasteiger charge is 2.09. The average molecular weight is 308 g/mol. The molecule has 0 saturated heterocycles. The first-order valence-electron chi connectivity index (χ1n) is 5.68. The van der Waals surface area contributed by atoms with Crippen LogP contribution in [0.5, 0.6) is 0 Å². The lowest BCUT2D eigenvalue weighted by molar-refractivity contribution is 0.0956. The smallest absolute Gasteiger partial charge is 0.251 e. The number of aryl methyl sites for hydroxylation is 1. The first kappa shape index (κ1) is 12.8. The molecule has 0 saturated carbocycles. The molecule has 0 unspecified atom stereocenters. The fraction of sp³-hybridized carbons (Fsp3) is 0.231. The van der Waals surface area contributed by atoms with Gasteiger partial charge in [-0.05, 0) is 30.7 Å². The van der Waals surface area contributed by atoms with E-state index in [0.717, 1.165) is 15.6 Å². The highest BCUT2D eigenvalue weighted by molar-refractivity contribution is 9.10. The van der Waals surface area contributed by atoms with Gasteiger partial charge in [0.25, 0.3) is 5.91 Å². The maximum absolute atomic E-state index is 11.8. The molecule has 0 atom stereocenters. The molecule has 94 valence electrons. The molecule has 18 heavy (non-hydrogen) atoms. The molecular weight excluding hydrogens is 294 g/mol. The molecule has 0 aliphatic heterocycles. The van der Waals surface area contributed by atoms with E-state index in [1.165, 1.54) is 0 Å². The van der Waals surface area contributed by atoms with Gasteiger partial charge in [-0.25, -0.2) is 0 Å². The summed E-state index contributed by atoms with van der Waals surface area (Å²) in [5, 5.41) is 6.93. The lowest BCUT2D eigenvalue weighted by Gasteiger charge is -2.05. The van der Waals surface area contributed by atoms with Gasteiger partial charge < -0.3 is 5.32 Å². The molecule has 2 aromatic rings. The lowest BCUT2D eigenvalue weighted by Crippen LogP contribution is -2.22. The molecule has 1 aromatic carbocycles. The van der Waals surface area contributed by atoms with Crippen molar-refractivity contribution in [2.75, 3.05) is 6.54 Å². The Hall–Kier alpha value is -1.62. The van der Waals surface area contributed by atoms with Crippen molar-refractivity contribution in [2.24, 2.45) is 7.05 Å². The predicted octanol–water partition coefficient (Wildman–Crippen LogP) is 2.60. The zero-order chi connectivity index (χ0) is 13.1. The molecule has 0 aliphatic rings. The minimum atomic E-state index is -0.0658. The first-order chi connectivity index (χ1) is 8.60. The molecule has 0 fully saturated rings. The van der Waals surface area contributed by atoms with E-state index in [1.54, 1.807) is 10.9 Å². The van der Waals surface area contributed by atoms with Gasteiger partial charge in [0.05, 0.1) is 6.20 Å². The van der Waals surface area contributed by atoms with Gasteiger partial charge in [-0.15, -0.1) is 0 Å². The van der Waals surface area contributed by atoms with E-state index < -0.39 is 0 Å². The molecule has 5 heteroatoms. The highest BCUT2D eigenvalue weighted by Crippen LogP contribution is 2.24. The van der Waals surface area contributed by atoms with Crippen molar-refractivity contribution in [1.82, 2.24) is 15.1 Å². The number of aromatic nitrogens is 2. The van der Waals surface area contributed by atoms with Crippen molar-refractivity contribution in [3.05, 3.63) is 40.6 Å². The Morgan fingerprint density at radius 3 is 2.78 bits per heavy atom. The van der Waals surface area contributed by atoms with Crippen molar-refractivity contribution in [3.63, 3.8) is 0 Å². The van der Waals surface area contributed by atoms with Crippen LogP contribution in [0.3, 0.4) is 0 Å². The van der Waals surface area contributed by atoms with E-state index in [2.05, 4.69) is 26.3 Å². The summed E-state index contributed by atoms with van der Waals surface area (Å²) in [6.45, 7) is 2.52. The van der Waals surface area contributed by atoms with Crippen LogP contribution in [0, 0.1) is 0 Å². The van der Waals surface area contributed by atoms with E-state index in [9.17, 15) is 4.79 Å². The minimum absolute atomic E-state index is 0.0658. The Kier molecular flexibility index (Phi) is 3.81. The third-order valence-electron chi connectivity index (χ3n) is 2.54. The Morgan fingerprint density at radius 1 is 1.39 bits per heavy atom. The van der Waals surface area contributed by atoms with Crippen LogP contribution in [-0.4, -0.2) is 22.2 Å². The van der Waals surface area contributed by atoms with E-state index in [1.807, 2.05) is 38.4 Å². The van der Waals surface area contributed by atoms with Crippen LogP contribution in [0.15, 0.2) is 35.1 Å².